The molecule has 0 radical (unpaired) electrons. The zero-order valence-corrected chi connectivity index (χ0v) is 17.9. The van der Waals surface area contributed by atoms with E-state index in [0.29, 0.717) is 21.7 Å². The van der Waals surface area contributed by atoms with Crippen molar-refractivity contribution in [1.29, 1.82) is 0 Å². The molecule has 3 aromatic rings. The number of aromatic nitrogens is 1. The van der Waals surface area contributed by atoms with E-state index in [1.807, 2.05) is 0 Å². The quantitative estimate of drug-likeness (QED) is 0.564. The van der Waals surface area contributed by atoms with Crippen LogP contribution in [-0.2, 0) is 26.1 Å². The van der Waals surface area contributed by atoms with Crippen LogP contribution in [0.4, 0.5) is 0 Å². The molecular weight excluding hydrogens is 446 g/mol. The Morgan fingerprint density at radius 2 is 1.97 bits per heavy atom. The van der Waals surface area contributed by atoms with Gasteiger partial charge in [-0.25, -0.2) is 13.6 Å². The molecule has 31 heavy (non-hydrogen) atoms. The van der Waals surface area contributed by atoms with Crippen LogP contribution in [0.5, 0.6) is 11.5 Å². The number of sulfonamides is 1. The Morgan fingerprint density at radius 3 is 2.71 bits per heavy atom. The summed E-state index contributed by atoms with van der Waals surface area (Å²) in [6.07, 6.45) is 0. The molecule has 0 saturated carbocycles. The molecule has 2 heterocycles. The fraction of sp³-hybridized carbons (Fsp3) is 0.211. The molecule has 0 saturated heterocycles. The van der Waals surface area contributed by atoms with Gasteiger partial charge in [0.25, 0.3) is 5.91 Å². The minimum atomic E-state index is -3.92. The normalized spacial score (nSPS) is 13.5. The number of carbonyl (C=O) groups is 2. The molecule has 4 rings (SSSR count). The van der Waals surface area contributed by atoms with E-state index in [1.54, 1.807) is 19.1 Å². The first-order valence-corrected chi connectivity index (χ1v) is 11.4. The van der Waals surface area contributed by atoms with Gasteiger partial charge in [-0.3, -0.25) is 9.59 Å². The molecular formula is C19H17N3O7S2. The van der Waals surface area contributed by atoms with Gasteiger partial charge in [0.2, 0.25) is 16.8 Å². The number of benzene rings is 2. The number of fused-ring (bicyclic) bond motifs is 2. The number of thiazole rings is 1. The topological polar surface area (TPSA) is 139 Å². The van der Waals surface area contributed by atoms with Crippen LogP contribution in [0.15, 0.2) is 46.3 Å². The van der Waals surface area contributed by atoms with E-state index in [1.165, 1.54) is 28.8 Å². The van der Waals surface area contributed by atoms with Crippen LogP contribution in [-0.4, -0.2) is 38.3 Å². The van der Waals surface area contributed by atoms with E-state index in [0.717, 1.165) is 11.3 Å². The summed E-state index contributed by atoms with van der Waals surface area (Å²) in [5, 5.41) is 5.21. The molecule has 12 heteroatoms. The second-order valence-corrected chi connectivity index (χ2v) is 9.01. The molecule has 2 N–H and O–H groups in total. The van der Waals surface area contributed by atoms with Gasteiger partial charge in [-0.2, -0.15) is 4.99 Å². The number of primary sulfonamides is 1. The Morgan fingerprint density at radius 1 is 1.19 bits per heavy atom. The first-order valence-electron chi connectivity index (χ1n) is 9.07. The summed E-state index contributed by atoms with van der Waals surface area (Å²) < 4.78 is 40.9. The summed E-state index contributed by atoms with van der Waals surface area (Å²) in [6.45, 7) is 1.75. The molecule has 1 aliphatic heterocycles. The number of ether oxygens (including phenoxy) is 3. The summed E-state index contributed by atoms with van der Waals surface area (Å²) in [6, 6.07) is 8.91. The van der Waals surface area contributed by atoms with E-state index >= 15 is 0 Å². The van der Waals surface area contributed by atoms with Crippen molar-refractivity contribution in [3.05, 3.63) is 46.8 Å². The number of nitrogens with two attached hydrogens (primary N) is 1. The van der Waals surface area contributed by atoms with Gasteiger partial charge in [0, 0.05) is 5.56 Å². The predicted molar refractivity (Wildman–Crippen MR) is 110 cm³/mol. The lowest BCUT2D eigenvalue weighted by Crippen LogP contribution is -2.23. The molecule has 1 aromatic heterocycles. The highest BCUT2D eigenvalue weighted by molar-refractivity contribution is 7.89. The predicted octanol–water partition coefficient (Wildman–Crippen LogP) is 1.38. The monoisotopic (exact) mass is 463 g/mol. The van der Waals surface area contributed by atoms with Crippen molar-refractivity contribution >= 4 is 43.5 Å². The lowest BCUT2D eigenvalue weighted by molar-refractivity contribution is -0.143. The van der Waals surface area contributed by atoms with Gasteiger partial charge in [-0.1, -0.05) is 11.3 Å². The van der Waals surface area contributed by atoms with Crippen LogP contribution in [0.1, 0.15) is 17.3 Å². The van der Waals surface area contributed by atoms with Crippen molar-refractivity contribution in [3.63, 3.8) is 0 Å². The van der Waals surface area contributed by atoms with E-state index in [9.17, 15) is 18.0 Å². The molecule has 0 aliphatic carbocycles. The lowest BCUT2D eigenvalue weighted by Gasteiger charge is -2.05. The van der Waals surface area contributed by atoms with E-state index in [2.05, 4.69) is 4.99 Å². The van der Waals surface area contributed by atoms with Gasteiger partial charge in [-0.15, -0.1) is 0 Å². The Labute approximate surface area is 180 Å². The number of hydrogen-bond acceptors (Lipinski definition) is 8. The van der Waals surface area contributed by atoms with Crippen molar-refractivity contribution in [2.24, 2.45) is 10.1 Å². The Bertz CT molecular complexity index is 1370. The number of amides is 1. The molecule has 0 fully saturated rings. The van der Waals surface area contributed by atoms with E-state index in [-0.39, 0.29) is 35.2 Å². The highest BCUT2D eigenvalue weighted by atomic mass is 32.2. The average molecular weight is 463 g/mol. The molecule has 1 amide bonds. The smallest absolute Gasteiger partial charge is 0.326 e. The fourth-order valence-electron chi connectivity index (χ4n) is 2.99. The molecule has 1 aliphatic rings. The fourth-order valence-corrected chi connectivity index (χ4v) is 4.67. The van der Waals surface area contributed by atoms with E-state index < -0.39 is 21.9 Å². The first kappa shape index (κ1) is 21.0. The van der Waals surface area contributed by atoms with Crippen LogP contribution in [0.25, 0.3) is 10.2 Å². The third kappa shape index (κ3) is 4.31. The third-order valence-corrected chi connectivity index (χ3v) is 6.34. The van der Waals surface area contributed by atoms with Crippen LogP contribution in [0, 0.1) is 0 Å². The van der Waals surface area contributed by atoms with Gasteiger partial charge in [0.15, 0.2) is 16.3 Å². The zero-order valence-electron chi connectivity index (χ0n) is 16.2. The zero-order chi connectivity index (χ0) is 22.2. The summed E-state index contributed by atoms with van der Waals surface area (Å²) in [5.41, 5.74) is 0.789. The number of rotatable bonds is 5. The van der Waals surface area contributed by atoms with Crippen LogP contribution >= 0.6 is 11.3 Å². The van der Waals surface area contributed by atoms with Gasteiger partial charge >= 0.3 is 5.97 Å². The van der Waals surface area contributed by atoms with Gasteiger partial charge in [0.1, 0.15) is 6.54 Å². The minimum Gasteiger partial charge on any atom is -0.465 e. The molecule has 2 aromatic carbocycles. The second kappa shape index (κ2) is 8.13. The van der Waals surface area contributed by atoms with Crippen molar-refractivity contribution < 1.29 is 32.2 Å². The molecule has 162 valence electrons. The second-order valence-electron chi connectivity index (χ2n) is 6.44. The Kier molecular flexibility index (Phi) is 5.52. The maximum Gasteiger partial charge on any atom is 0.326 e. The van der Waals surface area contributed by atoms with Gasteiger partial charge < -0.3 is 18.8 Å². The average Bonchev–Trinajstić information content (AvgIpc) is 3.31. The number of esters is 1. The highest BCUT2D eigenvalue weighted by Crippen LogP contribution is 2.32. The number of hydrogen-bond donors (Lipinski definition) is 1. The summed E-state index contributed by atoms with van der Waals surface area (Å²) in [5.74, 6) is -0.107. The summed E-state index contributed by atoms with van der Waals surface area (Å²) >= 11 is 1.05. The number of nitrogens with zero attached hydrogens (tertiary/aromatic N) is 2. The first-order chi connectivity index (χ1) is 14.8. The molecule has 10 nitrogen and oxygen atoms in total. The van der Waals surface area contributed by atoms with Crippen LogP contribution < -0.4 is 19.4 Å². The lowest BCUT2D eigenvalue weighted by atomic mass is 10.2. The van der Waals surface area contributed by atoms with Crippen LogP contribution in [0.2, 0.25) is 0 Å². The summed E-state index contributed by atoms with van der Waals surface area (Å²) in [4.78, 5) is 29.2. The standard InChI is InChI=1S/C19H17N3O7S2/c1-2-27-17(23)9-22-13-5-4-12(31(20,25)26)8-16(13)30-19(22)21-18(24)11-3-6-14-15(7-11)29-10-28-14/h3-8H,2,9-10H2,1H3,(H2,20,25,26). The number of carbonyl (C=O) groups excluding carboxylic acids is 2. The Balaban J connectivity index is 1.82. The Hall–Kier alpha value is -3.22. The maximum absolute atomic E-state index is 12.8. The molecule has 0 spiro atoms. The van der Waals surface area contributed by atoms with E-state index in [4.69, 9.17) is 19.3 Å². The maximum atomic E-state index is 12.8. The molecule has 0 atom stereocenters. The van der Waals surface area contributed by atoms with Gasteiger partial charge in [0.05, 0.1) is 21.7 Å². The largest absolute Gasteiger partial charge is 0.465 e. The van der Waals surface area contributed by atoms with Crippen molar-refractivity contribution in [1.82, 2.24) is 4.57 Å². The van der Waals surface area contributed by atoms with Crippen molar-refractivity contribution in [2.45, 2.75) is 18.4 Å². The van der Waals surface area contributed by atoms with Crippen molar-refractivity contribution in [2.75, 3.05) is 13.4 Å². The minimum absolute atomic E-state index is 0.0758. The molecule has 0 bridgehead atoms. The third-order valence-electron chi connectivity index (χ3n) is 4.39. The SMILES string of the molecule is CCOC(=O)Cn1c(=NC(=O)c2ccc3c(c2)OCO3)sc2cc(S(N)(=O)=O)ccc21. The molecule has 0 unspecified atom stereocenters. The highest BCUT2D eigenvalue weighted by Gasteiger charge is 2.18. The van der Waals surface area contributed by atoms with Gasteiger partial charge in [-0.05, 0) is 43.3 Å². The summed E-state index contributed by atoms with van der Waals surface area (Å²) in [7, 11) is -3.92. The van der Waals surface area contributed by atoms with Crippen LogP contribution in [0.3, 0.4) is 0 Å². The van der Waals surface area contributed by atoms with Crippen molar-refractivity contribution in [3.8, 4) is 11.5 Å².